The van der Waals surface area contributed by atoms with E-state index < -0.39 is 0 Å². The van der Waals surface area contributed by atoms with Crippen LogP contribution < -0.4 is 0 Å². The monoisotopic (exact) mass is 349 g/mol. The van der Waals surface area contributed by atoms with E-state index in [0.29, 0.717) is 0 Å². The number of amides is 1. The van der Waals surface area contributed by atoms with Crippen molar-refractivity contribution in [3.05, 3.63) is 70.5 Å². The fraction of sp³-hybridized carbons (Fsp3) is 0.200. The second-order valence-corrected chi connectivity index (χ2v) is 7.29. The van der Waals surface area contributed by atoms with Gasteiger partial charge in [-0.15, -0.1) is 11.8 Å². The Balaban J connectivity index is 1.68. The van der Waals surface area contributed by atoms with E-state index in [1.165, 1.54) is 0 Å². The molecule has 4 nitrogen and oxygen atoms in total. The summed E-state index contributed by atoms with van der Waals surface area (Å²) in [6.07, 6.45) is 2.02. The number of para-hydroxylation sites is 2. The van der Waals surface area contributed by atoms with Crippen molar-refractivity contribution >= 4 is 34.8 Å². The highest BCUT2D eigenvalue weighted by Crippen LogP contribution is 2.31. The highest BCUT2D eigenvalue weighted by atomic mass is 32.2. The van der Waals surface area contributed by atoms with Gasteiger partial charge in [-0.2, -0.15) is 0 Å². The largest absolute Gasteiger partial charge is 0.328 e. The lowest BCUT2D eigenvalue weighted by atomic mass is 10.1. The number of carbonyl (C=O) groups is 1. The summed E-state index contributed by atoms with van der Waals surface area (Å²) in [5, 5.41) is 0.962. The van der Waals surface area contributed by atoms with Gasteiger partial charge in [0.05, 0.1) is 16.1 Å². The zero-order valence-corrected chi connectivity index (χ0v) is 15.1. The van der Waals surface area contributed by atoms with Crippen molar-refractivity contribution in [2.24, 2.45) is 7.05 Å². The van der Waals surface area contributed by atoms with Crippen LogP contribution in [0, 0.1) is 6.92 Å². The van der Waals surface area contributed by atoms with Crippen LogP contribution in [-0.4, -0.2) is 32.7 Å². The molecule has 1 amide bonds. The van der Waals surface area contributed by atoms with E-state index in [-0.39, 0.29) is 5.91 Å². The van der Waals surface area contributed by atoms with E-state index in [1.807, 2.05) is 67.4 Å². The molecule has 0 saturated carbocycles. The van der Waals surface area contributed by atoms with Crippen LogP contribution in [0.3, 0.4) is 0 Å². The molecule has 0 atom stereocenters. The molecule has 25 heavy (non-hydrogen) atoms. The molecule has 3 aromatic rings. The van der Waals surface area contributed by atoms with Gasteiger partial charge in [0.25, 0.3) is 5.91 Å². The van der Waals surface area contributed by atoms with Crippen molar-refractivity contribution in [1.29, 1.82) is 0 Å². The van der Waals surface area contributed by atoms with Gasteiger partial charge >= 0.3 is 0 Å². The highest BCUT2D eigenvalue weighted by Gasteiger charge is 2.25. The minimum atomic E-state index is 0.0509. The minimum absolute atomic E-state index is 0.0509. The third-order valence-corrected chi connectivity index (χ3v) is 5.47. The summed E-state index contributed by atoms with van der Waals surface area (Å²) in [5.74, 6) is 1.83. The summed E-state index contributed by atoms with van der Waals surface area (Å²) >= 11 is 1.70. The molecule has 4 rings (SSSR count). The molecular weight excluding hydrogens is 330 g/mol. The summed E-state index contributed by atoms with van der Waals surface area (Å²) in [4.78, 5) is 19.4. The van der Waals surface area contributed by atoms with Gasteiger partial charge in [-0.3, -0.25) is 4.79 Å². The van der Waals surface area contributed by atoms with Crippen LogP contribution in [0.4, 0.5) is 0 Å². The topological polar surface area (TPSA) is 38.1 Å². The van der Waals surface area contributed by atoms with Gasteiger partial charge in [0.1, 0.15) is 5.82 Å². The van der Waals surface area contributed by atoms with Gasteiger partial charge < -0.3 is 9.47 Å². The first-order valence-electron chi connectivity index (χ1n) is 8.28. The molecule has 0 unspecified atom stereocenters. The number of benzene rings is 2. The molecule has 126 valence electrons. The molecular formula is C20H19N3OS. The van der Waals surface area contributed by atoms with Crippen LogP contribution in [0.5, 0.6) is 0 Å². The SMILES string of the molecule is Cc1ccc(C(=O)N2CCS/C2=C/c2nc3ccccc3n2C)cc1. The highest BCUT2D eigenvalue weighted by molar-refractivity contribution is 8.03. The van der Waals surface area contributed by atoms with Gasteiger partial charge in [-0.05, 0) is 31.2 Å². The number of aromatic nitrogens is 2. The van der Waals surface area contributed by atoms with Crippen molar-refractivity contribution in [2.45, 2.75) is 6.92 Å². The summed E-state index contributed by atoms with van der Waals surface area (Å²) in [6.45, 7) is 2.75. The Morgan fingerprint density at radius 2 is 1.92 bits per heavy atom. The van der Waals surface area contributed by atoms with Crippen LogP contribution in [0.2, 0.25) is 0 Å². The molecule has 2 aromatic carbocycles. The van der Waals surface area contributed by atoms with Crippen molar-refractivity contribution in [1.82, 2.24) is 14.5 Å². The van der Waals surface area contributed by atoms with Crippen LogP contribution in [-0.2, 0) is 7.05 Å². The van der Waals surface area contributed by atoms with Gasteiger partial charge in [-0.25, -0.2) is 4.98 Å². The molecule has 0 spiro atoms. The van der Waals surface area contributed by atoms with Crippen molar-refractivity contribution in [2.75, 3.05) is 12.3 Å². The third-order valence-electron chi connectivity index (χ3n) is 4.45. The lowest BCUT2D eigenvalue weighted by molar-refractivity contribution is 0.0831. The Morgan fingerprint density at radius 3 is 2.68 bits per heavy atom. The van der Waals surface area contributed by atoms with Crippen LogP contribution in [0.1, 0.15) is 21.7 Å². The Labute approximate surface area is 151 Å². The van der Waals surface area contributed by atoms with Crippen molar-refractivity contribution < 1.29 is 4.79 Å². The second kappa shape index (κ2) is 6.41. The molecule has 1 aromatic heterocycles. The first kappa shape index (κ1) is 16.0. The van der Waals surface area contributed by atoms with Crippen LogP contribution >= 0.6 is 11.8 Å². The summed E-state index contributed by atoms with van der Waals surface area (Å²) in [7, 11) is 2.01. The maximum atomic E-state index is 12.9. The smallest absolute Gasteiger partial charge is 0.258 e. The van der Waals surface area contributed by atoms with E-state index in [1.54, 1.807) is 11.8 Å². The van der Waals surface area contributed by atoms with E-state index in [4.69, 9.17) is 0 Å². The molecule has 1 aliphatic rings. The number of hydrogen-bond acceptors (Lipinski definition) is 3. The lowest BCUT2D eigenvalue weighted by Crippen LogP contribution is -2.26. The standard InChI is InChI=1S/C20H19N3OS/c1-14-7-9-15(10-8-14)20(24)23-11-12-25-19(23)13-18-21-16-5-3-4-6-17(16)22(18)2/h3-10,13H,11-12H2,1-2H3/b19-13+. The molecule has 0 radical (unpaired) electrons. The van der Waals surface area contributed by atoms with Gasteiger partial charge in [0.15, 0.2) is 0 Å². The molecule has 0 N–H and O–H groups in total. The molecule has 1 saturated heterocycles. The Kier molecular flexibility index (Phi) is 4.09. The van der Waals surface area contributed by atoms with Gasteiger partial charge in [-0.1, -0.05) is 29.8 Å². The van der Waals surface area contributed by atoms with E-state index >= 15 is 0 Å². The van der Waals surface area contributed by atoms with Gasteiger partial charge in [0, 0.05) is 31.0 Å². The molecule has 5 heteroatoms. The molecule has 1 fully saturated rings. The predicted octanol–water partition coefficient (Wildman–Crippen LogP) is 4.07. The zero-order valence-electron chi connectivity index (χ0n) is 14.3. The number of carbonyl (C=O) groups excluding carboxylic acids is 1. The zero-order chi connectivity index (χ0) is 17.4. The fourth-order valence-corrected chi connectivity index (χ4v) is 4.01. The summed E-state index contributed by atoms with van der Waals surface area (Å²) in [6, 6.07) is 15.8. The molecule has 1 aliphatic heterocycles. The first-order valence-corrected chi connectivity index (χ1v) is 9.26. The number of imidazole rings is 1. The Morgan fingerprint density at radius 1 is 1.16 bits per heavy atom. The Bertz CT molecular complexity index is 972. The average Bonchev–Trinajstić information content (AvgIpc) is 3.21. The molecule has 0 bridgehead atoms. The van der Waals surface area contributed by atoms with Crippen molar-refractivity contribution in [3.63, 3.8) is 0 Å². The second-order valence-electron chi connectivity index (χ2n) is 6.17. The number of hydrogen-bond donors (Lipinski definition) is 0. The van der Waals surface area contributed by atoms with E-state index in [0.717, 1.165) is 45.3 Å². The molecule has 2 heterocycles. The quantitative estimate of drug-likeness (QED) is 0.700. The van der Waals surface area contributed by atoms with Crippen LogP contribution in [0.25, 0.3) is 17.1 Å². The predicted molar refractivity (Wildman–Crippen MR) is 103 cm³/mol. The number of aryl methyl sites for hydroxylation is 2. The Hall–Kier alpha value is -2.53. The fourth-order valence-electron chi connectivity index (χ4n) is 3.01. The van der Waals surface area contributed by atoms with Crippen LogP contribution in [0.15, 0.2) is 53.6 Å². The normalized spacial score (nSPS) is 16.1. The maximum absolute atomic E-state index is 12.9. The number of thioether (sulfide) groups is 1. The number of nitrogens with zero attached hydrogens (tertiary/aromatic N) is 3. The first-order chi connectivity index (χ1) is 12.1. The minimum Gasteiger partial charge on any atom is -0.328 e. The molecule has 0 aliphatic carbocycles. The number of fused-ring (bicyclic) bond motifs is 1. The lowest BCUT2D eigenvalue weighted by Gasteiger charge is -2.17. The summed E-state index contributed by atoms with van der Waals surface area (Å²) in [5.41, 5.74) is 3.94. The third kappa shape index (κ3) is 2.96. The number of rotatable bonds is 2. The van der Waals surface area contributed by atoms with Gasteiger partial charge in [0.2, 0.25) is 0 Å². The maximum Gasteiger partial charge on any atom is 0.258 e. The average molecular weight is 349 g/mol. The van der Waals surface area contributed by atoms with E-state index in [2.05, 4.69) is 15.6 Å². The van der Waals surface area contributed by atoms with E-state index in [9.17, 15) is 4.79 Å². The van der Waals surface area contributed by atoms with Crippen molar-refractivity contribution in [3.8, 4) is 0 Å². The summed E-state index contributed by atoms with van der Waals surface area (Å²) < 4.78 is 2.07.